The molecule has 0 saturated heterocycles. The first-order valence-electron chi connectivity index (χ1n) is 13.3. The molecular formula is C31H33N7O. The third-order valence-electron chi connectivity index (χ3n) is 7.52. The first kappa shape index (κ1) is 26.2. The van der Waals surface area contributed by atoms with E-state index in [9.17, 15) is 4.79 Å². The highest BCUT2D eigenvalue weighted by molar-refractivity contribution is 6.07. The molecule has 3 aromatic heterocycles. The van der Waals surface area contributed by atoms with Gasteiger partial charge in [0.05, 0.1) is 11.9 Å². The first-order chi connectivity index (χ1) is 18.8. The molecule has 0 spiro atoms. The number of amides is 1. The van der Waals surface area contributed by atoms with Gasteiger partial charge in [0, 0.05) is 28.9 Å². The number of anilines is 1. The third-order valence-corrected chi connectivity index (χ3v) is 7.52. The topological polar surface area (TPSA) is 119 Å². The summed E-state index contributed by atoms with van der Waals surface area (Å²) in [5.41, 5.74) is 6.43. The predicted octanol–water partition coefficient (Wildman–Crippen LogP) is 6.47. The zero-order chi connectivity index (χ0) is 27.7. The van der Waals surface area contributed by atoms with E-state index in [1.807, 2.05) is 26.1 Å². The van der Waals surface area contributed by atoms with Crippen LogP contribution in [-0.4, -0.2) is 44.0 Å². The molecule has 8 heteroatoms. The van der Waals surface area contributed by atoms with Gasteiger partial charge in [-0.25, -0.2) is 9.97 Å². The molecule has 1 unspecified atom stereocenters. The summed E-state index contributed by atoms with van der Waals surface area (Å²) in [7, 11) is 0. The van der Waals surface area contributed by atoms with Gasteiger partial charge in [-0.3, -0.25) is 20.6 Å². The molecule has 0 radical (unpaired) electrons. The Labute approximate surface area is 228 Å². The molecular weight excluding hydrogens is 486 g/mol. The maximum absolute atomic E-state index is 13.5. The Bertz CT molecular complexity index is 1570. The summed E-state index contributed by atoms with van der Waals surface area (Å²) >= 11 is 0. The summed E-state index contributed by atoms with van der Waals surface area (Å²) in [5.74, 6) is 0.464. The van der Waals surface area contributed by atoms with Gasteiger partial charge in [-0.05, 0) is 80.0 Å². The molecule has 5 rings (SSSR count). The molecule has 0 aliphatic heterocycles. The van der Waals surface area contributed by atoms with Crippen molar-refractivity contribution in [3.8, 4) is 11.1 Å². The molecule has 1 saturated carbocycles. The van der Waals surface area contributed by atoms with Crippen molar-refractivity contribution in [3.05, 3.63) is 82.9 Å². The zero-order valence-electron chi connectivity index (χ0n) is 22.7. The van der Waals surface area contributed by atoms with Gasteiger partial charge < -0.3 is 10.2 Å². The number of hydrogen-bond acceptors (Lipinski definition) is 6. The second-order valence-electron chi connectivity index (χ2n) is 10.2. The molecule has 198 valence electrons. The Morgan fingerprint density at radius 1 is 1.13 bits per heavy atom. The maximum Gasteiger partial charge on any atom is 0.275 e. The van der Waals surface area contributed by atoms with Crippen molar-refractivity contribution in [2.75, 3.05) is 5.32 Å². The zero-order valence-corrected chi connectivity index (χ0v) is 22.7. The van der Waals surface area contributed by atoms with E-state index in [1.165, 1.54) is 6.34 Å². The Kier molecular flexibility index (Phi) is 7.19. The smallest absolute Gasteiger partial charge is 0.275 e. The van der Waals surface area contributed by atoms with Crippen molar-refractivity contribution in [1.29, 1.82) is 10.8 Å². The molecule has 1 aliphatic carbocycles. The number of benzene rings is 1. The van der Waals surface area contributed by atoms with Crippen LogP contribution < -0.4 is 5.32 Å². The quantitative estimate of drug-likeness (QED) is 0.182. The number of pyridine rings is 3. The monoisotopic (exact) mass is 519 g/mol. The van der Waals surface area contributed by atoms with E-state index in [-0.39, 0.29) is 23.5 Å². The highest BCUT2D eigenvalue weighted by Gasteiger charge is 2.30. The van der Waals surface area contributed by atoms with E-state index in [1.54, 1.807) is 23.1 Å². The molecule has 0 bridgehead atoms. The fourth-order valence-corrected chi connectivity index (χ4v) is 4.60. The molecule has 1 atom stereocenters. The van der Waals surface area contributed by atoms with Gasteiger partial charge in [0.1, 0.15) is 17.2 Å². The van der Waals surface area contributed by atoms with Crippen LogP contribution in [-0.2, 0) is 0 Å². The van der Waals surface area contributed by atoms with Crippen LogP contribution in [0.4, 0.5) is 5.82 Å². The largest absolute Gasteiger partial charge is 0.313 e. The summed E-state index contributed by atoms with van der Waals surface area (Å²) in [6.45, 7) is 8.37. The van der Waals surface area contributed by atoms with E-state index in [0.29, 0.717) is 17.4 Å². The van der Waals surface area contributed by atoms with Gasteiger partial charge in [-0.1, -0.05) is 38.1 Å². The fraction of sp³-hybridized carbons (Fsp3) is 0.290. The van der Waals surface area contributed by atoms with Crippen LogP contribution in [0.2, 0.25) is 0 Å². The summed E-state index contributed by atoms with van der Waals surface area (Å²) in [6.07, 6.45) is 5.97. The number of fused-ring (bicyclic) bond motifs is 1. The minimum Gasteiger partial charge on any atom is -0.313 e. The lowest BCUT2D eigenvalue weighted by molar-refractivity contribution is 0.102. The van der Waals surface area contributed by atoms with Crippen molar-refractivity contribution in [2.24, 2.45) is 0 Å². The minimum absolute atomic E-state index is 0.147. The number of rotatable bonds is 8. The van der Waals surface area contributed by atoms with Crippen molar-refractivity contribution in [3.63, 3.8) is 0 Å². The molecule has 1 amide bonds. The second kappa shape index (κ2) is 10.7. The first-order valence-corrected chi connectivity index (χ1v) is 13.3. The number of carbonyl (C=O) groups is 1. The highest BCUT2D eigenvalue weighted by Crippen LogP contribution is 2.32. The molecule has 3 N–H and O–H groups in total. The molecule has 8 nitrogen and oxygen atoms in total. The number of aromatic nitrogens is 3. The average molecular weight is 520 g/mol. The van der Waals surface area contributed by atoms with Gasteiger partial charge in [-0.2, -0.15) is 0 Å². The SMILES string of the molecule is CCC(C)c1ccc(-c2cc(C(=O)Nc3cccc(C(=N)N(C=N)C4CC4)n3)nc3c(C)c(C)ccc23)cn1. The Morgan fingerprint density at radius 3 is 2.59 bits per heavy atom. The minimum atomic E-state index is -0.384. The summed E-state index contributed by atoms with van der Waals surface area (Å²) in [4.78, 5) is 29.0. The lowest BCUT2D eigenvalue weighted by atomic mass is 9.96. The van der Waals surface area contributed by atoms with Gasteiger partial charge in [0.15, 0.2) is 5.84 Å². The van der Waals surface area contributed by atoms with Crippen molar-refractivity contribution >= 4 is 34.8 Å². The lowest BCUT2D eigenvalue weighted by Gasteiger charge is -2.19. The number of carbonyl (C=O) groups excluding carboxylic acids is 1. The molecule has 4 aromatic rings. The van der Waals surface area contributed by atoms with E-state index in [4.69, 9.17) is 20.8 Å². The van der Waals surface area contributed by atoms with E-state index in [2.05, 4.69) is 48.4 Å². The van der Waals surface area contributed by atoms with Crippen LogP contribution in [0.1, 0.15) is 72.0 Å². The molecule has 1 fully saturated rings. The van der Waals surface area contributed by atoms with Crippen LogP contribution in [0, 0.1) is 24.7 Å². The Balaban J connectivity index is 1.50. The number of nitrogens with one attached hydrogen (secondary N) is 3. The summed E-state index contributed by atoms with van der Waals surface area (Å²) in [6, 6.07) is 15.4. The van der Waals surface area contributed by atoms with Gasteiger partial charge in [0.2, 0.25) is 0 Å². The van der Waals surface area contributed by atoms with Gasteiger partial charge in [0.25, 0.3) is 5.91 Å². The molecule has 1 aromatic carbocycles. The van der Waals surface area contributed by atoms with Crippen molar-refractivity contribution in [1.82, 2.24) is 19.9 Å². The van der Waals surface area contributed by atoms with Crippen LogP contribution in [0.5, 0.6) is 0 Å². The van der Waals surface area contributed by atoms with E-state index < -0.39 is 0 Å². The number of amidine groups is 1. The van der Waals surface area contributed by atoms with Crippen LogP contribution in [0.15, 0.2) is 54.7 Å². The molecule has 1 aliphatic rings. The summed E-state index contributed by atoms with van der Waals surface area (Å²) in [5, 5.41) is 20.0. The fourth-order valence-electron chi connectivity index (χ4n) is 4.60. The van der Waals surface area contributed by atoms with Crippen LogP contribution in [0.3, 0.4) is 0 Å². The number of hydrogen-bond donors (Lipinski definition) is 3. The lowest BCUT2D eigenvalue weighted by Crippen LogP contribution is -2.32. The standard InChI is InChI=1S/C31H33N7O/c1-5-18(2)25-14-10-21(16-34-25)24-15-27(36-29-20(4)19(3)9-13-23(24)29)31(39)37-28-8-6-7-26(35-28)30(33)38(17-32)22-11-12-22/h6-10,13-18,22,32-33H,5,11-12H2,1-4H3,(H,35,37,39). The summed E-state index contributed by atoms with van der Waals surface area (Å²) < 4.78 is 0. The highest BCUT2D eigenvalue weighted by atomic mass is 16.1. The second-order valence-corrected chi connectivity index (χ2v) is 10.2. The van der Waals surface area contributed by atoms with Crippen molar-refractivity contribution < 1.29 is 4.79 Å². The van der Waals surface area contributed by atoms with Crippen LogP contribution >= 0.6 is 0 Å². The third kappa shape index (κ3) is 5.27. The molecule has 3 heterocycles. The van der Waals surface area contributed by atoms with E-state index in [0.717, 1.165) is 58.1 Å². The van der Waals surface area contributed by atoms with Crippen LogP contribution in [0.25, 0.3) is 22.0 Å². The number of aryl methyl sites for hydroxylation is 2. The predicted molar refractivity (Wildman–Crippen MR) is 156 cm³/mol. The molecule has 39 heavy (non-hydrogen) atoms. The number of nitrogens with zero attached hydrogens (tertiary/aromatic N) is 4. The van der Waals surface area contributed by atoms with E-state index >= 15 is 0 Å². The van der Waals surface area contributed by atoms with Crippen molar-refractivity contribution in [2.45, 2.75) is 58.9 Å². The van der Waals surface area contributed by atoms with Gasteiger partial charge in [-0.15, -0.1) is 0 Å². The normalized spacial score (nSPS) is 13.6. The maximum atomic E-state index is 13.5. The Hall–Kier alpha value is -4.46. The van der Waals surface area contributed by atoms with Gasteiger partial charge >= 0.3 is 0 Å². The average Bonchev–Trinajstić information content (AvgIpc) is 3.80. The Morgan fingerprint density at radius 2 is 1.92 bits per heavy atom.